The van der Waals surface area contributed by atoms with Crippen molar-refractivity contribution in [2.75, 3.05) is 6.54 Å². The van der Waals surface area contributed by atoms with Crippen molar-refractivity contribution in [2.24, 2.45) is 17.4 Å². The van der Waals surface area contributed by atoms with E-state index in [1.54, 1.807) is 13.8 Å². The van der Waals surface area contributed by atoms with Crippen molar-refractivity contribution in [1.29, 1.82) is 0 Å². The predicted molar refractivity (Wildman–Crippen MR) is 107 cm³/mol. The number of hydrogen-bond donors (Lipinski definition) is 7. The van der Waals surface area contributed by atoms with E-state index in [-0.39, 0.29) is 38.1 Å². The maximum absolute atomic E-state index is 12.7. The van der Waals surface area contributed by atoms with E-state index in [0.717, 1.165) is 0 Å². The summed E-state index contributed by atoms with van der Waals surface area (Å²) >= 11 is 0. The summed E-state index contributed by atoms with van der Waals surface area (Å²) in [6.45, 7) is 3.25. The molecule has 0 bridgehead atoms. The average Bonchev–Trinajstić information content (AvgIpc) is 2.66. The molecule has 3 atom stereocenters. The molecule has 0 aromatic heterocycles. The summed E-state index contributed by atoms with van der Waals surface area (Å²) < 4.78 is 0. The van der Waals surface area contributed by atoms with Gasteiger partial charge in [0.25, 0.3) is 0 Å². The first-order valence-electron chi connectivity index (χ1n) is 9.70. The monoisotopic (exact) mass is 445 g/mol. The fraction of sp³-hybridized carbons (Fsp3) is 0.667. The van der Waals surface area contributed by atoms with Gasteiger partial charge in [-0.25, -0.2) is 4.79 Å². The molecule has 0 heterocycles. The summed E-state index contributed by atoms with van der Waals surface area (Å²) in [7, 11) is 0. The lowest BCUT2D eigenvalue weighted by atomic mass is 10.0. The molecule has 0 aromatic carbocycles. The molecule has 0 rings (SSSR count). The van der Waals surface area contributed by atoms with Crippen molar-refractivity contribution in [3.8, 4) is 0 Å². The van der Waals surface area contributed by atoms with Crippen molar-refractivity contribution in [3.63, 3.8) is 0 Å². The van der Waals surface area contributed by atoms with E-state index < -0.39 is 60.1 Å². The molecule has 176 valence electrons. The van der Waals surface area contributed by atoms with Gasteiger partial charge >= 0.3 is 11.9 Å². The molecule has 3 unspecified atom stereocenters. The zero-order valence-corrected chi connectivity index (χ0v) is 17.6. The highest BCUT2D eigenvalue weighted by Crippen LogP contribution is 2.08. The maximum Gasteiger partial charge on any atom is 0.326 e. The molecule has 0 radical (unpaired) electrons. The summed E-state index contributed by atoms with van der Waals surface area (Å²) in [6.07, 6.45) is -1.17. The number of aliphatic carboxylic acids is 2. The van der Waals surface area contributed by atoms with E-state index in [1.165, 1.54) is 0 Å². The Morgan fingerprint density at radius 3 is 1.77 bits per heavy atom. The first-order valence-corrected chi connectivity index (χ1v) is 9.70. The molecule has 0 spiro atoms. The van der Waals surface area contributed by atoms with Gasteiger partial charge in [-0.1, -0.05) is 13.8 Å². The van der Waals surface area contributed by atoms with Crippen molar-refractivity contribution in [1.82, 2.24) is 16.0 Å². The minimum Gasteiger partial charge on any atom is -0.481 e. The number of rotatable bonds is 15. The van der Waals surface area contributed by atoms with Gasteiger partial charge in [0, 0.05) is 12.8 Å². The SMILES string of the molecule is CC(C)CC(NC(=O)CN)C(=O)NC(CCC(=O)O)C(=O)NC(CCC(N)=O)C(=O)O. The highest BCUT2D eigenvalue weighted by Gasteiger charge is 2.30. The normalized spacial score (nSPS) is 13.5. The third kappa shape index (κ3) is 12.2. The Labute approximate surface area is 179 Å². The van der Waals surface area contributed by atoms with Crippen molar-refractivity contribution >= 4 is 35.6 Å². The molecule has 13 nitrogen and oxygen atoms in total. The highest BCUT2D eigenvalue weighted by molar-refractivity contribution is 5.93. The van der Waals surface area contributed by atoms with E-state index in [2.05, 4.69) is 16.0 Å². The van der Waals surface area contributed by atoms with Crippen LogP contribution in [0.25, 0.3) is 0 Å². The molecule has 4 amide bonds. The number of primary amides is 1. The Morgan fingerprint density at radius 1 is 0.806 bits per heavy atom. The fourth-order valence-corrected chi connectivity index (χ4v) is 2.58. The van der Waals surface area contributed by atoms with Gasteiger partial charge in [-0.05, 0) is 25.2 Å². The van der Waals surface area contributed by atoms with Crippen LogP contribution in [0.5, 0.6) is 0 Å². The third-order valence-electron chi connectivity index (χ3n) is 4.12. The number of carboxylic acids is 2. The lowest BCUT2D eigenvalue weighted by Gasteiger charge is -2.25. The number of carbonyl (C=O) groups is 6. The molecule has 0 saturated heterocycles. The molecule has 0 aliphatic heterocycles. The van der Waals surface area contributed by atoms with Crippen LogP contribution in [0.3, 0.4) is 0 Å². The standard InChI is InChI=1S/C18H31N5O8/c1-9(2)7-12(21-14(25)8-19)17(29)22-10(4-6-15(26)27)16(28)23-11(18(30)31)3-5-13(20)24/h9-12H,3-8,19H2,1-2H3,(H2,20,24)(H,21,25)(H,22,29)(H,23,28)(H,26,27)(H,30,31). The average molecular weight is 445 g/mol. The van der Waals surface area contributed by atoms with Crippen LogP contribution in [0.2, 0.25) is 0 Å². The van der Waals surface area contributed by atoms with Crippen molar-refractivity contribution < 1.29 is 39.0 Å². The topological polar surface area (TPSA) is 231 Å². The van der Waals surface area contributed by atoms with Crippen LogP contribution in [0, 0.1) is 5.92 Å². The quantitative estimate of drug-likeness (QED) is 0.143. The van der Waals surface area contributed by atoms with Crippen LogP contribution >= 0.6 is 0 Å². The predicted octanol–water partition coefficient (Wildman–Crippen LogP) is -2.34. The largest absolute Gasteiger partial charge is 0.481 e. The van der Waals surface area contributed by atoms with Gasteiger partial charge in [0.05, 0.1) is 6.54 Å². The lowest BCUT2D eigenvalue weighted by molar-refractivity contribution is -0.143. The second-order valence-electron chi connectivity index (χ2n) is 7.35. The zero-order chi connectivity index (χ0) is 24.1. The van der Waals surface area contributed by atoms with Gasteiger partial charge in [0.15, 0.2) is 0 Å². The molecular formula is C18H31N5O8. The van der Waals surface area contributed by atoms with Gasteiger partial charge in [-0.3, -0.25) is 24.0 Å². The zero-order valence-electron chi connectivity index (χ0n) is 17.6. The number of carbonyl (C=O) groups excluding carboxylic acids is 4. The number of amides is 4. The highest BCUT2D eigenvalue weighted by atomic mass is 16.4. The van der Waals surface area contributed by atoms with Crippen LogP contribution in [0.15, 0.2) is 0 Å². The Bertz CT molecular complexity index is 682. The minimum absolute atomic E-state index is 0.00897. The molecule has 31 heavy (non-hydrogen) atoms. The number of hydrogen-bond acceptors (Lipinski definition) is 7. The van der Waals surface area contributed by atoms with Crippen molar-refractivity contribution in [3.05, 3.63) is 0 Å². The Kier molecular flexibility index (Phi) is 12.5. The van der Waals surface area contributed by atoms with Crippen molar-refractivity contribution in [2.45, 2.75) is 64.1 Å². The van der Waals surface area contributed by atoms with Crippen LogP contribution in [-0.4, -0.2) is 70.5 Å². The first kappa shape index (κ1) is 27.8. The lowest BCUT2D eigenvalue weighted by Crippen LogP contribution is -2.56. The van der Waals surface area contributed by atoms with Gasteiger partial charge in [0.1, 0.15) is 18.1 Å². The molecule has 0 fully saturated rings. The summed E-state index contributed by atoms with van der Waals surface area (Å²) in [5.41, 5.74) is 10.2. The Balaban J connectivity index is 5.43. The van der Waals surface area contributed by atoms with Gasteiger partial charge < -0.3 is 37.6 Å². The third-order valence-corrected chi connectivity index (χ3v) is 4.12. The van der Waals surface area contributed by atoms with E-state index >= 15 is 0 Å². The van der Waals surface area contributed by atoms with E-state index in [4.69, 9.17) is 16.6 Å². The van der Waals surface area contributed by atoms with Crippen LogP contribution in [0.1, 0.15) is 46.0 Å². The summed E-state index contributed by atoms with van der Waals surface area (Å²) in [5.74, 6) is -5.71. The fourth-order valence-electron chi connectivity index (χ4n) is 2.58. The van der Waals surface area contributed by atoms with E-state index in [9.17, 15) is 33.9 Å². The smallest absolute Gasteiger partial charge is 0.326 e. The van der Waals surface area contributed by atoms with Crippen LogP contribution < -0.4 is 27.4 Å². The minimum atomic E-state index is -1.47. The van der Waals surface area contributed by atoms with E-state index in [1.807, 2.05) is 0 Å². The Hall–Kier alpha value is -3.22. The number of nitrogens with one attached hydrogen (secondary N) is 3. The number of nitrogens with two attached hydrogens (primary N) is 2. The second-order valence-corrected chi connectivity index (χ2v) is 7.35. The summed E-state index contributed by atoms with van der Waals surface area (Å²) in [5, 5.41) is 25.1. The summed E-state index contributed by atoms with van der Waals surface area (Å²) in [6, 6.07) is -3.88. The molecule has 0 aliphatic carbocycles. The molecule has 0 aromatic rings. The number of carboxylic acid groups (broad SMARTS) is 2. The second kappa shape index (κ2) is 13.9. The molecule has 0 saturated carbocycles. The van der Waals surface area contributed by atoms with Gasteiger partial charge in [-0.2, -0.15) is 0 Å². The molecular weight excluding hydrogens is 414 g/mol. The van der Waals surface area contributed by atoms with Crippen LogP contribution in [0.4, 0.5) is 0 Å². The van der Waals surface area contributed by atoms with Gasteiger partial charge in [-0.15, -0.1) is 0 Å². The van der Waals surface area contributed by atoms with Crippen LogP contribution in [-0.2, 0) is 28.8 Å². The molecule has 13 heteroatoms. The molecule has 0 aliphatic rings. The van der Waals surface area contributed by atoms with E-state index in [0.29, 0.717) is 0 Å². The first-order chi connectivity index (χ1) is 14.4. The summed E-state index contributed by atoms with van der Waals surface area (Å²) in [4.78, 5) is 70.0. The Morgan fingerprint density at radius 2 is 1.32 bits per heavy atom. The van der Waals surface area contributed by atoms with Gasteiger partial charge in [0.2, 0.25) is 23.6 Å². The molecule has 9 N–H and O–H groups in total. The maximum atomic E-state index is 12.7.